The topological polar surface area (TPSA) is 85.4 Å². The van der Waals surface area contributed by atoms with Gasteiger partial charge in [0, 0.05) is 11.8 Å². The van der Waals surface area contributed by atoms with E-state index >= 15 is 0 Å². The van der Waals surface area contributed by atoms with Crippen LogP contribution in [0.4, 0.5) is 11.5 Å². The van der Waals surface area contributed by atoms with E-state index in [-0.39, 0.29) is 5.91 Å². The van der Waals surface area contributed by atoms with Gasteiger partial charge in [-0.2, -0.15) is 0 Å². The van der Waals surface area contributed by atoms with Gasteiger partial charge in [0.05, 0.1) is 13.7 Å². The van der Waals surface area contributed by atoms with Gasteiger partial charge >= 0.3 is 0 Å². The summed E-state index contributed by atoms with van der Waals surface area (Å²) in [5.74, 6) is 2.34. The molecule has 2 N–H and O–H groups in total. The van der Waals surface area contributed by atoms with Crippen LogP contribution in [0.15, 0.2) is 54.6 Å². The van der Waals surface area contributed by atoms with E-state index in [0.717, 1.165) is 22.7 Å². The highest BCUT2D eigenvalue weighted by molar-refractivity contribution is 6.03. The van der Waals surface area contributed by atoms with Crippen LogP contribution in [-0.2, 0) is 0 Å². The maximum absolute atomic E-state index is 12.5. The minimum Gasteiger partial charge on any atom is -0.497 e. The Bertz CT molecular complexity index is 957. The zero-order chi connectivity index (χ0) is 20.6. The summed E-state index contributed by atoms with van der Waals surface area (Å²) in [4.78, 5) is 21.1. The van der Waals surface area contributed by atoms with Gasteiger partial charge in [-0.15, -0.1) is 0 Å². The van der Waals surface area contributed by atoms with Crippen LogP contribution in [0.5, 0.6) is 11.5 Å². The van der Waals surface area contributed by atoms with Crippen LogP contribution in [0.25, 0.3) is 0 Å². The number of aromatic nitrogens is 2. The number of aryl methyl sites for hydroxylation is 2. The van der Waals surface area contributed by atoms with Crippen LogP contribution in [0, 0.1) is 13.8 Å². The summed E-state index contributed by atoms with van der Waals surface area (Å²) in [5, 5.41) is 6.01. The van der Waals surface area contributed by atoms with Crippen LogP contribution in [0.1, 0.15) is 21.9 Å². The van der Waals surface area contributed by atoms with Gasteiger partial charge in [0.25, 0.3) is 5.91 Å². The Morgan fingerprint density at radius 3 is 2.34 bits per heavy atom. The molecule has 150 valence electrons. The van der Waals surface area contributed by atoms with Crippen molar-refractivity contribution in [3.05, 3.63) is 71.7 Å². The number of benzene rings is 2. The first-order valence-corrected chi connectivity index (χ1v) is 9.28. The minimum atomic E-state index is -0.281. The number of hydrogen-bond acceptors (Lipinski definition) is 6. The average Bonchev–Trinajstić information content (AvgIpc) is 2.73. The van der Waals surface area contributed by atoms with Crippen LogP contribution in [0.3, 0.4) is 0 Å². The maximum atomic E-state index is 12.5. The highest BCUT2D eigenvalue weighted by atomic mass is 16.5. The molecule has 0 spiro atoms. The fraction of sp³-hybridized carbons (Fsp3) is 0.227. The van der Waals surface area contributed by atoms with Gasteiger partial charge in [0.2, 0.25) is 0 Å². The van der Waals surface area contributed by atoms with Gasteiger partial charge in [-0.05, 0) is 50.2 Å². The average molecular weight is 392 g/mol. The van der Waals surface area contributed by atoms with Crippen molar-refractivity contribution in [3.8, 4) is 11.5 Å². The predicted molar refractivity (Wildman–Crippen MR) is 113 cm³/mol. The number of carbonyl (C=O) groups excluding carboxylic acids is 1. The molecule has 0 atom stereocenters. The van der Waals surface area contributed by atoms with E-state index in [0.29, 0.717) is 30.5 Å². The SMILES string of the molecule is COc1ccc(OCCNc2cc(C(=O)Nc3ccc(C)cc3)nc(C)n2)cc1. The highest BCUT2D eigenvalue weighted by Gasteiger charge is 2.11. The molecule has 0 unspecified atom stereocenters. The number of carbonyl (C=O) groups is 1. The first-order valence-electron chi connectivity index (χ1n) is 9.28. The molecule has 3 rings (SSSR count). The molecule has 0 aliphatic rings. The van der Waals surface area contributed by atoms with Gasteiger partial charge in [-0.1, -0.05) is 17.7 Å². The molecule has 0 bridgehead atoms. The number of nitrogens with zero attached hydrogens (tertiary/aromatic N) is 2. The van der Waals surface area contributed by atoms with Gasteiger partial charge in [-0.3, -0.25) is 4.79 Å². The first kappa shape index (κ1) is 20.1. The van der Waals surface area contributed by atoms with E-state index in [1.54, 1.807) is 20.1 Å². The van der Waals surface area contributed by atoms with Crippen molar-refractivity contribution in [1.29, 1.82) is 0 Å². The number of nitrogens with one attached hydrogen (secondary N) is 2. The van der Waals surface area contributed by atoms with Crippen molar-refractivity contribution in [1.82, 2.24) is 9.97 Å². The molecule has 0 radical (unpaired) electrons. The molecule has 29 heavy (non-hydrogen) atoms. The molecule has 0 fully saturated rings. The Morgan fingerprint density at radius 1 is 0.966 bits per heavy atom. The number of amides is 1. The van der Waals surface area contributed by atoms with Crippen molar-refractivity contribution in [3.63, 3.8) is 0 Å². The largest absolute Gasteiger partial charge is 0.497 e. The summed E-state index contributed by atoms with van der Waals surface area (Å²) >= 11 is 0. The molecule has 3 aromatic rings. The summed E-state index contributed by atoms with van der Waals surface area (Å²) in [7, 11) is 1.62. The third kappa shape index (κ3) is 5.93. The number of anilines is 2. The smallest absolute Gasteiger partial charge is 0.274 e. The summed E-state index contributed by atoms with van der Waals surface area (Å²) in [6, 6.07) is 16.6. The standard InChI is InChI=1S/C22H24N4O3/c1-15-4-6-17(7-5-15)26-22(27)20-14-21(25-16(2)24-20)23-12-13-29-19-10-8-18(28-3)9-11-19/h4-11,14H,12-13H2,1-3H3,(H,26,27)(H,23,24,25). The van der Waals surface area contributed by atoms with E-state index in [4.69, 9.17) is 9.47 Å². The van der Waals surface area contributed by atoms with Crippen LogP contribution >= 0.6 is 0 Å². The van der Waals surface area contributed by atoms with E-state index in [1.165, 1.54) is 0 Å². The molecule has 0 aliphatic carbocycles. The lowest BCUT2D eigenvalue weighted by molar-refractivity contribution is 0.102. The summed E-state index contributed by atoms with van der Waals surface area (Å²) in [6.45, 7) is 4.72. The Balaban J connectivity index is 1.55. The van der Waals surface area contributed by atoms with E-state index in [1.807, 2.05) is 55.5 Å². The van der Waals surface area contributed by atoms with Crippen molar-refractivity contribution in [2.75, 3.05) is 30.9 Å². The molecule has 7 nitrogen and oxygen atoms in total. The monoisotopic (exact) mass is 392 g/mol. The second-order valence-corrected chi connectivity index (χ2v) is 6.46. The van der Waals surface area contributed by atoms with E-state index in [2.05, 4.69) is 20.6 Å². The number of methoxy groups -OCH3 is 1. The summed E-state index contributed by atoms with van der Waals surface area (Å²) in [6.07, 6.45) is 0. The fourth-order valence-electron chi connectivity index (χ4n) is 2.63. The maximum Gasteiger partial charge on any atom is 0.274 e. The molecule has 2 aromatic carbocycles. The lowest BCUT2D eigenvalue weighted by Crippen LogP contribution is -2.17. The second-order valence-electron chi connectivity index (χ2n) is 6.46. The van der Waals surface area contributed by atoms with Crippen molar-refractivity contribution >= 4 is 17.4 Å². The van der Waals surface area contributed by atoms with Crippen LogP contribution < -0.4 is 20.1 Å². The first-order chi connectivity index (χ1) is 14.0. The molecule has 1 amide bonds. The van der Waals surface area contributed by atoms with Crippen LogP contribution in [-0.4, -0.2) is 36.1 Å². The Morgan fingerprint density at radius 2 is 1.66 bits per heavy atom. The third-order valence-electron chi connectivity index (χ3n) is 4.12. The van der Waals surface area contributed by atoms with Gasteiger partial charge in [0.1, 0.15) is 35.4 Å². The van der Waals surface area contributed by atoms with Gasteiger partial charge in [0.15, 0.2) is 0 Å². The third-order valence-corrected chi connectivity index (χ3v) is 4.12. The molecular weight excluding hydrogens is 368 g/mol. The predicted octanol–water partition coefficient (Wildman–Crippen LogP) is 3.85. The molecule has 0 aliphatic heterocycles. The van der Waals surface area contributed by atoms with Crippen molar-refractivity contribution < 1.29 is 14.3 Å². The Hall–Kier alpha value is -3.61. The summed E-state index contributed by atoms with van der Waals surface area (Å²) < 4.78 is 10.8. The van der Waals surface area contributed by atoms with Gasteiger partial charge in [-0.25, -0.2) is 9.97 Å². The van der Waals surface area contributed by atoms with Crippen molar-refractivity contribution in [2.24, 2.45) is 0 Å². The van der Waals surface area contributed by atoms with E-state index < -0.39 is 0 Å². The normalized spacial score (nSPS) is 10.3. The van der Waals surface area contributed by atoms with Crippen molar-refractivity contribution in [2.45, 2.75) is 13.8 Å². The molecular formula is C22H24N4O3. The second kappa shape index (κ2) is 9.54. The Kier molecular flexibility index (Phi) is 6.63. The zero-order valence-corrected chi connectivity index (χ0v) is 16.7. The highest BCUT2D eigenvalue weighted by Crippen LogP contribution is 2.17. The lowest BCUT2D eigenvalue weighted by atomic mass is 10.2. The molecule has 0 saturated heterocycles. The van der Waals surface area contributed by atoms with E-state index in [9.17, 15) is 4.79 Å². The number of hydrogen-bond donors (Lipinski definition) is 2. The quantitative estimate of drug-likeness (QED) is 0.567. The molecule has 7 heteroatoms. The zero-order valence-electron chi connectivity index (χ0n) is 16.7. The molecule has 0 saturated carbocycles. The molecule has 1 heterocycles. The minimum absolute atomic E-state index is 0.281. The lowest BCUT2D eigenvalue weighted by Gasteiger charge is -2.10. The number of ether oxygens (including phenoxy) is 2. The fourth-order valence-corrected chi connectivity index (χ4v) is 2.63. The van der Waals surface area contributed by atoms with Crippen LogP contribution in [0.2, 0.25) is 0 Å². The molecule has 1 aromatic heterocycles. The Labute approximate surface area is 170 Å². The summed E-state index contributed by atoms with van der Waals surface area (Å²) in [5.41, 5.74) is 2.15. The number of rotatable bonds is 8. The van der Waals surface area contributed by atoms with Gasteiger partial charge < -0.3 is 20.1 Å².